The number of carbonyl (C=O) groups excluding carboxylic acids is 1. The van der Waals surface area contributed by atoms with E-state index in [9.17, 15) is 4.79 Å². The first-order chi connectivity index (χ1) is 11.5. The number of carbonyl (C=O) groups is 1. The molecule has 1 aromatic carbocycles. The SMILES string of the molecule is CN=CC(C)=C(N)CN(C)C(=O)c1cccc(C2CCNCC2)c1. The maximum atomic E-state index is 12.7. The lowest BCUT2D eigenvalue weighted by molar-refractivity contribution is 0.0806. The standard InChI is InChI=1S/C19H28N4O/c1-14(12-21-2)18(20)13-23(3)19(24)17-6-4-5-16(11-17)15-7-9-22-10-8-15/h4-6,11-12,15,22H,7-10,13,20H2,1-3H3. The average molecular weight is 328 g/mol. The maximum absolute atomic E-state index is 12.7. The van der Waals surface area contributed by atoms with E-state index in [1.54, 1.807) is 25.2 Å². The largest absolute Gasteiger partial charge is 0.400 e. The van der Waals surface area contributed by atoms with Gasteiger partial charge < -0.3 is 16.0 Å². The van der Waals surface area contributed by atoms with Crippen LogP contribution >= 0.6 is 0 Å². The lowest BCUT2D eigenvalue weighted by Gasteiger charge is -2.24. The molecule has 0 aromatic heterocycles. The van der Waals surface area contributed by atoms with Gasteiger partial charge in [-0.3, -0.25) is 9.79 Å². The monoisotopic (exact) mass is 328 g/mol. The molecule has 0 bridgehead atoms. The Balaban J connectivity index is 2.10. The highest BCUT2D eigenvalue weighted by atomic mass is 16.2. The molecule has 1 heterocycles. The van der Waals surface area contributed by atoms with E-state index in [-0.39, 0.29) is 5.91 Å². The van der Waals surface area contributed by atoms with Crippen LogP contribution in [-0.2, 0) is 0 Å². The number of rotatable bonds is 5. The number of amides is 1. The van der Waals surface area contributed by atoms with Crippen LogP contribution in [-0.4, -0.2) is 50.8 Å². The zero-order chi connectivity index (χ0) is 17.5. The quantitative estimate of drug-likeness (QED) is 0.814. The van der Waals surface area contributed by atoms with E-state index in [0.717, 1.165) is 37.1 Å². The van der Waals surface area contributed by atoms with Crippen molar-refractivity contribution in [3.8, 4) is 0 Å². The lowest BCUT2D eigenvalue weighted by Crippen LogP contribution is -2.31. The van der Waals surface area contributed by atoms with Crippen LogP contribution in [0.4, 0.5) is 0 Å². The molecule has 1 saturated heterocycles. The molecule has 1 aliphatic rings. The minimum atomic E-state index is -0.00466. The van der Waals surface area contributed by atoms with E-state index >= 15 is 0 Å². The number of piperidine rings is 1. The second-order valence-electron chi connectivity index (χ2n) is 6.41. The normalized spacial score (nSPS) is 17.0. The summed E-state index contributed by atoms with van der Waals surface area (Å²) in [6, 6.07) is 8.02. The van der Waals surface area contributed by atoms with Crippen molar-refractivity contribution in [2.75, 3.05) is 33.7 Å². The van der Waals surface area contributed by atoms with Crippen molar-refractivity contribution in [1.82, 2.24) is 10.2 Å². The minimum Gasteiger partial charge on any atom is -0.400 e. The molecule has 5 heteroatoms. The molecule has 1 aromatic rings. The van der Waals surface area contributed by atoms with E-state index < -0.39 is 0 Å². The molecule has 2 rings (SSSR count). The number of benzene rings is 1. The number of likely N-dealkylation sites (N-methyl/N-ethyl adjacent to an activating group) is 1. The first kappa shape index (κ1) is 18.2. The van der Waals surface area contributed by atoms with E-state index in [1.165, 1.54) is 5.56 Å². The number of hydrogen-bond acceptors (Lipinski definition) is 4. The predicted molar refractivity (Wildman–Crippen MR) is 99.6 cm³/mol. The number of nitrogens with two attached hydrogens (primary N) is 1. The summed E-state index contributed by atoms with van der Waals surface area (Å²) in [5.41, 5.74) is 9.59. The molecule has 0 aliphatic carbocycles. The van der Waals surface area contributed by atoms with Crippen LogP contribution < -0.4 is 11.1 Å². The second-order valence-corrected chi connectivity index (χ2v) is 6.41. The summed E-state index contributed by atoms with van der Waals surface area (Å²) in [7, 11) is 3.49. The molecule has 0 atom stereocenters. The van der Waals surface area contributed by atoms with Crippen LogP contribution in [0, 0.1) is 0 Å². The van der Waals surface area contributed by atoms with Gasteiger partial charge in [0.1, 0.15) is 0 Å². The highest BCUT2D eigenvalue weighted by Gasteiger charge is 2.18. The van der Waals surface area contributed by atoms with Crippen molar-refractivity contribution < 1.29 is 4.79 Å². The molecule has 1 aliphatic heterocycles. The third-order valence-electron chi connectivity index (χ3n) is 4.53. The smallest absolute Gasteiger partial charge is 0.253 e. The van der Waals surface area contributed by atoms with Gasteiger partial charge in [0, 0.05) is 31.6 Å². The fourth-order valence-electron chi connectivity index (χ4n) is 3.03. The minimum absolute atomic E-state index is 0.00466. The van der Waals surface area contributed by atoms with Gasteiger partial charge >= 0.3 is 0 Å². The Morgan fingerprint density at radius 1 is 1.42 bits per heavy atom. The number of allylic oxidation sites excluding steroid dienone is 1. The molecule has 130 valence electrons. The maximum Gasteiger partial charge on any atom is 0.253 e. The third kappa shape index (κ3) is 4.68. The first-order valence-corrected chi connectivity index (χ1v) is 8.46. The summed E-state index contributed by atoms with van der Waals surface area (Å²) >= 11 is 0. The molecule has 3 N–H and O–H groups in total. The van der Waals surface area contributed by atoms with Crippen molar-refractivity contribution in [1.29, 1.82) is 0 Å². The van der Waals surface area contributed by atoms with Crippen molar-refractivity contribution >= 4 is 12.1 Å². The zero-order valence-electron chi connectivity index (χ0n) is 14.9. The van der Waals surface area contributed by atoms with E-state index in [0.29, 0.717) is 18.2 Å². The second kappa shape index (κ2) is 8.64. The van der Waals surface area contributed by atoms with E-state index in [2.05, 4.69) is 16.4 Å². The van der Waals surface area contributed by atoms with Crippen LogP contribution in [0.3, 0.4) is 0 Å². The van der Waals surface area contributed by atoms with Gasteiger partial charge in [0.2, 0.25) is 0 Å². The highest BCUT2D eigenvalue weighted by molar-refractivity contribution is 5.94. The summed E-state index contributed by atoms with van der Waals surface area (Å²) in [5, 5.41) is 3.38. The van der Waals surface area contributed by atoms with Gasteiger partial charge in [-0.25, -0.2) is 0 Å². The van der Waals surface area contributed by atoms with Crippen LogP contribution in [0.5, 0.6) is 0 Å². The van der Waals surface area contributed by atoms with Crippen molar-refractivity contribution in [2.45, 2.75) is 25.7 Å². The fourth-order valence-corrected chi connectivity index (χ4v) is 3.03. The Morgan fingerprint density at radius 3 is 2.79 bits per heavy atom. The number of nitrogens with zero attached hydrogens (tertiary/aromatic N) is 2. The molecule has 0 spiro atoms. The molecular weight excluding hydrogens is 300 g/mol. The Morgan fingerprint density at radius 2 is 2.12 bits per heavy atom. The van der Waals surface area contributed by atoms with Gasteiger partial charge in [0.25, 0.3) is 5.91 Å². The fraction of sp³-hybridized carbons (Fsp3) is 0.474. The van der Waals surface area contributed by atoms with Gasteiger partial charge in [-0.05, 0) is 62.0 Å². The summed E-state index contributed by atoms with van der Waals surface area (Å²) in [4.78, 5) is 18.3. The summed E-state index contributed by atoms with van der Waals surface area (Å²) in [5.74, 6) is 0.534. The van der Waals surface area contributed by atoms with Gasteiger partial charge in [-0.2, -0.15) is 0 Å². The number of nitrogens with one attached hydrogen (secondary N) is 1. The molecule has 0 radical (unpaired) electrons. The molecule has 0 unspecified atom stereocenters. The highest BCUT2D eigenvalue weighted by Crippen LogP contribution is 2.26. The van der Waals surface area contributed by atoms with Gasteiger partial charge in [0.05, 0.1) is 6.54 Å². The number of hydrogen-bond donors (Lipinski definition) is 2. The topological polar surface area (TPSA) is 70.7 Å². The van der Waals surface area contributed by atoms with Gasteiger partial charge in [-0.1, -0.05) is 12.1 Å². The summed E-state index contributed by atoms with van der Waals surface area (Å²) < 4.78 is 0. The van der Waals surface area contributed by atoms with Crippen LogP contribution in [0.1, 0.15) is 41.6 Å². The van der Waals surface area contributed by atoms with E-state index in [4.69, 9.17) is 5.73 Å². The Hall–Kier alpha value is -2.14. The predicted octanol–water partition coefficient (Wildman–Crippen LogP) is 2.16. The number of aliphatic imine (C=N–C) groups is 1. The van der Waals surface area contributed by atoms with Gasteiger partial charge in [0.15, 0.2) is 0 Å². The van der Waals surface area contributed by atoms with Crippen molar-refractivity contribution in [3.63, 3.8) is 0 Å². The Kier molecular flexibility index (Phi) is 6.55. The Bertz CT molecular complexity index is 630. The average Bonchev–Trinajstić information content (AvgIpc) is 2.62. The van der Waals surface area contributed by atoms with Crippen molar-refractivity contribution in [3.05, 3.63) is 46.7 Å². The zero-order valence-corrected chi connectivity index (χ0v) is 14.9. The Labute approximate surface area is 144 Å². The molecule has 1 amide bonds. The summed E-state index contributed by atoms with van der Waals surface area (Å²) in [6.07, 6.45) is 3.96. The van der Waals surface area contributed by atoms with Crippen LogP contribution in [0.15, 0.2) is 40.5 Å². The molecule has 5 nitrogen and oxygen atoms in total. The first-order valence-electron chi connectivity index (χ1n) is 8.46. The van der Waals surface area contributed by atoms with Crippen LogP contribution in [0.25, 0.3) is 0 Å². The molecule has 0 saturated carbocycles. The lowest BCUT2D eigenvalue weighted by atomic mass is 9.89. The van der Waals surface area contributed by atoms with Crippen LogP contribution in [0.2, 0.25) is 0 Å². The van der Waals surface area contributed by atoms with E-state index in [1.807, 2.05) is 25.1 Å². The van der Waals surface area contributed by atoms with Gasteiger partial charge in [-0.15, -0.1) is 0 Å². The summed E-state index contributed by atoms with van der Waals surface area (Å²) in [6.45, 7) is 4.39. The third-order valence-corrected chi connectivity index (χ3v) is 4.53. The molecule has 24 heavy (non-hydrogen) atoms. The van der Waals surface area contributed by atoms with Crippen molar-refractivity contribution in [2.24, 2.45) is 10.7 Å². The molecule has 1 fully saturated rings. The molecular formula is C19H28N4O.